The monoisotopic (exact) mass is 329 g/mol. The number of ether oxygens (including phenoxy) is 1. The van der Waals surface area contributed by atoms with Gasteiger partial charge in [-0.3, -0.25) is 0 Å². The van der Waals surface area contributed by atoms with Crippen LogP contribution in [-0.4, -0.2) is 30.5 Å². The van der Waals surface area contributed by atoms with Crippen molar-refractivity contribution in [3.05, 3.63) is 35.4 Å². The van der Waals surface area contributed by atoms with Crippen molar-refractivity contribution < 1.29 is 23.0 Å². The Morgan fingerprint density at radius 3 is 2.57 bits per heavy atom. The second-order valence-electron chi connectivity index (χ2n) is 6.66. The van der Waals surface area contributed by atoms with Gasteiger partial charge in [0.1, 0.15) is 0 Å². The number of nitrogens with one attached hydrogen (secondary N) is 1. The summed E-state index contributed by atoms with van der Waals surface area (Å²) in [5.41, 5.74) is -0.794. The van der Waals surface area contributed by atoms with Crippen molar-refractivity contribution >= 4 is 0 Å². The van der Waals surface area contributed by atoms with Crippen LogP contribution in [0.4, 0.5) is 13.2 Å². The van der Waals surface area contributed by atoms with Crippen molar-refractivity contribution in [2.75, 3.05) is 19.8 Å². The lowest BCUT2D eigenvalue weighted by molar-refractivity contribution is -0.137. The van der Waals surface area contributed by atoms with Gasteiger partial charge in [0.15, 0.2) is 0 Å². The van der Waals surface area contributed by atoms with Crippen LogP contribution in [0.25, 0.3) is 0 Å². The lowest BCUT2D eigenvalue weighted by Crippen LogP contribution is -2.46. The molecule has 2 aliphatic rings. The normalized spacial score (nSPS) is 22.8. The maximum absolute atomic E-state index is 12.9. The topological polar surface area (TPSA) is 41.5 Å². The second kappa shape index (κ2) is 6.42. The molecule has 0 radical (unpaired) electrons. The molecule has 2 N–H and O–H groups in total. The Labute approximate surface area is 133 Å². The average Bonchev–Trinajstić information content (AvgIpc) is 3.32. The lowest BCUT2D eigenvalue weighted by atomic mass is 9.92. The van der Waals surface area contributed by atoms with E-state index in [9.17, 15) is 18.3 Å². The summed E-state index contributed by atoms with van der Waals surface area (Å²) in [6, 6.07) is 5.38. The summed E-state index contributed by atoms with van der Waals surface area (Å²) in [5.74, 6) is 0.349. The smallest absolute Gasteiger partial charge is 0.388 e. The summed E-state index contributed by atoms with van der Waals surface area (Å²) in [6.45, 7) is 1.43. The number of hydrogen-bond acceptors (Lipinski definition) is 3. The standard InChI is InChI=1S/C17H22F3NO2/c18-17(19,20)14-3-1-2-13(10-14)15(12-4-5-12)21-11-16(22)6-8-23-9-7-16/h1-3,10,12,15,21-22H,4-9,11H2. The van der Waals surface area contributed by atoms with Gasteiger partial charge in [-0.25, -0.2) is 0 Å². The van der Waals surface area contributed by atoms with Crippen LogP contribution < -0.4 is 5.32 Å². The Balaban J connectivity index is 1.72. The molecule has 1 atom stereocenters. The van der Waals surface area contributed by atoms with E-state index in [1.165, 1.54) is 12.1 Å². The lowest BCUT2D eigenvalue weighted by Gasteiger charge is -2.34. The summed E-state index contributed by atoms with van der Waals surface area (Å²) in [6.07, 6.45) is -1.20. The molecule has 0 bridgehead atoms. The largest absolute Gasteiger partial charge is 0.416 e. The van der Waals surface area contributed by atoms with Gasteiger partial charge in [-0.2, -0.15) is 13.2 Å². The van der Waals surface area contributed by atoms with Gasteiger partial charge >= 0.3 is 6.18 Å². The average molecular weight is 329 g/mol. The molecule has 2 fully saturated rings. The molecule has 1 aromatic rings. The van der Waals surface area contributed by atoms with Crippen LogP contribution in [0.2, 0.25) is 0 Å². The molecule has 23 heavy (non-hydrogen) atoms. The van der Waals surface area contributed by atoms with E-state index >= 15 is 0 Å². The summed E-state index contributed by atoms with van der Waals surface area (Å²) in [4.78, 5) is 0. The van der Waals surface area contributed by atoms with Crippen molar-refractivity contribution in [2.45, 2.75) is 43.5 Å². The first-order chi connectivity index (χ1) is 10.9. The van der Waals surface area contributed by atoms with Gasteiger partial charge in [0.2, 0.25) is 0 Å². The van der Waals surface area contributed by atoms with Crippen molar-refractivity contribution in [1.82, 2.24) is 5.32 Å². The Morgan fingerprint density at radius 1 is 1.26 bits per heavy atom. The predicted molar refractivity (Wildman–Crippen MR) is 79.9 cm³/mol. The third kappa shape index (κ3) is 4.25. The highest BCUT2D eigenvalue weighted by Gasteiger charge is 2.37. The van der Waals surface area contributed by atoms with E-state index in [1.54, 1.807) is 6.07 Å². The maximum atomic E-state index is 12.9. The molecule has 128 valence electrons. The highest BCUT2D eigenvalue weighted by Crippen LogP contribution is 2.42. The fourth-order valence-electron chi connectivity index (χ4n) is 3.12. The number of halogens is 3. The van der Waals surface area contributed by atoms with Gasteiger partial charge in [-0.1, -0.05) is 12.1 Å². The number of rotatable bonds is 5. The van der Waals surface area contributed by atoms with Crippen LogP contribution in [0.3, 0.4) is 0 Å². The highest BCUT2D eigenvalue weighted by atomic mass is 19.4. The van der Waals surface area contributed by atoms with E-state index in [1.807, 2.05) is 0 Å². The Kier molecular flexibility index (Phi) is 4.67. The van der Waals surface area contributed by atoms with Crippen LogP contribution in [0.5, 0.6) is 0 Å². The SMILES string of the molecule is OC1(CNC(c2cccc(C(F)(F)F)c2)C2CC2)CCOCC1. The number of hydrogen-bond donors (Lipinski definition) is 2. The van der Waals surface area contributed by atoms with Gasteiger partial charge in [0, 0.05) is 38.6 Å². The first-order valence-corrected chi connectivity index (χ1v) is 8.08. The third-order valence-electron chi connectivity index (χ3n) is 4.74. The predicted octanol–water partition coefficient (Wildman–Crippen LogP) is 3.29. The first-order valence-electron chi connectivity index (χ1n) is 8.08. The van der Waals surface area contributed by atoms with E-state index in [-0.39, 0.29) is 6.04 Å². The zero-order chi connectivity index (χ0) is 16.5. The van der Waals surface area contributed by atoms with E-state index in [0.29, 0.717) is 44.1 Å². The molecule has 0 amide bonds. The van der Waals surface area contributed by atoms with Crippen LogP contribution in [-0.2, 0) is 10.9 Å². The van der Waals surface area contributed by atoms with E-state index in [4.69, 9.17) is 4.74 Å². The second-order valence-corrected chi connectivity index (χ2v) is 6.66. The van der Waals surface area contributed by atoms with Crippen molar-refractivity contribution in [3.63, 3.8) is 0 Å². The molecular formula is C17H22F3NO2. The highest BCUT2D eigenvalue weighted by molar-refractivity contribution is 5.29. The Morgan fingerprint density at radius 2 is 1.96 bits per heavy atom. The van der Waals surface area contributed by atoms with Gasteiger partial charge in [-0.05, 0) is 36.5 Å². The first kappa shape index (κ1) is 16.7. The Bertz CT molecular complexity index is 537. The molecule has 1 aromatic carbocycles. The van der Waals surface area contributed by atoms with Crippen LogP contribution in [0, 0.1) is 5.92 Å². The molecule has 3 nitrogen and oxygen atoms in total. The minimum atomic E-state index is -4.33. The van der Waals surface area contributed by atoms with Crippen molar-refractivity contribution in [2.24, 2.45) is 5.92 Å². The molecule has 1 aliphatic carbocycles. The molecule has 3 rings (SSSR count). The van der Waals surface area contributed by atoms with Crippen LogP contribution in [0.15, 0.2) is 24.3 Å². The fraction of sp³-hybridized carbons (Fsp3) is 0.647. The molecule has 1 aliphatic heterocycles. The maximum Gasteiger partial charge on any atom is 0.416 e. The summed E-state index contributed by atoms with van der Waals surface area (Å²) >= 11 is 0. The minimum absolute atomic E-state index is 0.135. The quantitative estimate of drug-likeness (QED) is 0.871. The van der Waals surface area contributed by atoms with E-state index in [2.05, 4.69) is 5.32 Å². The number of alkyl halides is 3. The van der Waals surface area contributed by atoms with Gasteiger partial charge in [0.05, 0.1) is 11.2 Å². The summed E-state index contributed by atoms with van der Waals surface area (Å²) < 4.78 is 44.0. The summed E-state index contributed by atoms with van der Waals surface area (Å²) in [5, 5.41) is 13.8. The third-order valence-corrected chi connectivity index (χ3v) is 4.74. The Hall–Kier alpha value is -1.11. The van der Waals surface area contributed by atoms with Crippen LogP contribution >= 0.6 is 0 Å². The molecular weight excluding hydrogens is 307 g/mol. The minimum Gasteiger partial charge on any atom is -0.388 e. The molecule has 6 heteroatoms. The molecule has 1 unspecified atom stereocenters. The van der Waals surface area contributed by atoms with Crippen LogP contribution in [0.1, 0.15) is 42.9 Å². The number of benzene rings is 1. The fourth-order valence-corrected chi connectivity index (χ4v) is 3.12. The zero-order valence-corrected chi connectivity index (χ0v) is 12.9. The van der Waals surface area contributed by atoms with Crippen molar-refractivity contribution in [3.8, 4) is 0 Å². The molecule has 1 saturated carbocycles. The van der Waals surface area contributed by atoms with E-state index in [0.717, 1.165) is 18.9 Å². The molecule has 0 spiro atoms. The summed E-state index contributed by atoms with van der Waals surface area (Å²) in [7, 11) is 0. The molecule has 0 aromatic heterocycles. The van der Waals surface area contributed by atoms with E-state index < -0.39 is 17.3 Å². The molecule has 1 heterocycles. The molecule has 1 saturated heterocycles. The number of aliphatic hydroxyl groups is 1. The van der Waals surface area contributed by atoms with Gasteiger partial charge < -0.3 is 15.2 Å². The van der Waals surface area contributed by atoms with Gasteiger partial charge in [0.25, 0.3) is 0 Å². The van der Waals surface area contributed by atoms with Crippen molar-refractivity contribution in [1.29, 1.82) is 0 Å². The zero-order valence-electron chi connectivity index (χ0n) is 12.9. The van der Waals surface area contributed by atoms with Gasteiger partial charge in [-0.15, -0.1) is 0 Å².